The molecule has 0 aliphatic rings. The van der Waals surface area contributed by atoms with Gasteiger partial charge in [0.25, 0.3) is 0 Å². The summed E-state index contributed by atoms with van der Waals surface area (Å²) >= 11 is 0. The third-order valence-corrected chi connectivity index (χ3v) is 3.25. The number of carbonyl (C=O) groups excluding carboxylic acids is 1. The summed E-state index contributed by atoms with van der Waals surface area (Å²) < 4.78 is 5.23. The van der Waals surface area contributed by atoms with Crippen LogP contribution in [0.5, 0.6) is 5.75 Å². The fourth-order valence-electron chi connectivity index (χ4n) is 2.00. The van der Waals surface area contributed by atoms with E-state index in [0.717, 1.165) is 11.3 Å². The molecule has 1 rings (SSSR count). The zero-order valence-corrected chi connectivity index (χ0v) is 12.8. The molecule has 0 spiro atoms. The quantitative estimate of drug-likeness (QED) is 0.727. The molecule has 5 heteroatoms. The fourth-order valence-corrected chi connectivity index (χ4v) is 2.00. The van der Waals surface area contributed by atoms with Gasteiger partial charge in [0.05, 0.1) is 19.2 Å². The Labute approximate surface area is 126 Å². The van der Waals surface area contributed by atoms with Gasteiger partial charge < -0.3 is 20.7 Å². The molecule has 0 heterocycles. The van der Waals surface area contributed by atoms with E-state index in [1.54, 1.807) is 7.11 Å². The van der Waals surface area contributed by atoms with Crippen molar-refractivity contribution in [2.45, 2.75) is 18.5 Å². The van der Waals surface area contributed by atoms with E-state index >= 15 is 0 Å². The summed E-state index contributed by atoms with van der Waals surface area (Å²) in [5, 5.41) is 2.84. The second kappa shape index (κ2) is 8.30. The van der Waals surface area contributed by atoms with E-state index in [0.29, 0.717) is 6.54 Å². The standard InChI is InChI=1S/C16H23N3O2/c1-5-7-14(17)16(20)18-11-15(19(2)3)12-8-6-9-13(10-12)21-4/h1,6,8-10,14-15H,7,11,17H2,2-4H3,(H,18,20). The Morgan fingerprint density at radius 1 is 1.52 bits per heavy atom. The van der Waals surface area contributed by atoms with Crippen LogP contribution in [0.1, 0.15) is 18.0 Å². The van der Waals surface area contributed by atoms with Gasteiger partial charge >= 0.3 is 0 Å². The van der Waals surface area contributed by atoms with Gasteiger partial charge in [-0.15, -0.1) is 12.3 Å². The summed E-state index contributed by atoms with van der Waals surface area (Å²) in [6.45, 7) is 0.456. The normalized spacial score (nSPS) is 13.3. The molecule has 2 atom stereocenters. The summed E-state index contributed by atoms with van der Waals surface area (Å²) in [5.41, 5.74) is 6.75. The second-order valence-electron chi connectivity index (χ2n) is 5.02. The lowest BCUT2D eigenvalue weighted by molar-refractivity contribution is -0.122. The number of nitrogens with one attached hydrogen (secondary N) is 1. The Kier molecular flexibility index (Phi) is 6.73. The zero-order valence-electron chi connectivity index (χ0n) is 12.8. The highest BCUT2D eigenvalue weighted by molar-refractivity contribution is 5.81. The molecule has 1 amide bonds. The van der Waals surface area contributed by atoms with Crippen molar-refractivity contribution in [3.8, 4) is 18.1 Å². The topological polar surface area (TPSA) is 67.6 Å². The van der Waals surface area contributed by atoms with Gasteiger partial charge in [-0.2, -0.15) is 0 Å². The van der Waals surface area contributed by atoms with E-state index in [2.05, 4.69) is 11.2 Å². The molecule has 5 nitrogen and oxygen atoms in total. The summed E-state index contributed by atoms with van der Waals surface area (Å²) in [6, 6.07) is 7.14. The first-order chi connectivity index (χ1) is 9.99. The minimum absolute atomic E-state index is 0.0297. The molecule has 0 fully saturated rings. The Bertz CT molecular complexity index is 508. The van der Waals surface area contributed by atoms with E-state index < -0.39 is 6.04 Å². The van der Waals surface area contributed by atoms with Crippen molar-refractivity contribution in [3.63, 3.8) is 0 Å². The van der Waals surface area contributed by atoms with Crippen LogP contribution in [0.4, 0.5) is 0 Å². The van der Waals surface area contributed by atoms with Crippen LogP contribution in [0, 0.1) is 12.3 Å². The van der Waals surface area contributed by atoms with Crippen LogP contribution in [0.25, 0.3) is 0 Å². The molecule has 0 aromatic heterocycles. The summed E-state index contributed by atoms with van der Waals surface area (Å²) in [6.07, 6.45) is 5.40. The van der Waals surface area contributed by atoms with Crippen LogP contribution in [0.2, 0.25) is 0 Å². The smallest absolute Gasteiger partial charge is 0.237 e. The first-order valence-electron chi connectivity index (χ1n) is 6.76. The summed E-state index contributed by atoms with van der Waals surface area (Å²) in [5.74, 6) is 2.95. The Morgan fingerprint density at radius 2 is 2.24 bits per heavy atom. The van der Waals surface area contributed by atoms with Crippen LogP contribution < -0.4 is 15.8 Å². The van der Waals surface area contributed by atoms with Gasteiger partial charge in [-0.1, -0.05) is 12.1 Å². The number of rotatable bonds is 7. The molecule has 114 valence electrons. The first kappa shape index (κ1) is 17.0. The van der Waals surface area contributed by atoms with Crippen molar-refractivity contribution in [1.82, 2.24) is 10.2 Å². The highest BCUT2D eigenvalue weighted by atomic mass is 16.5. The van der Waals surface area contributed by atoms with Gasteiger partial charge in [-0.25, -0.2) is 0 Å². The molecule has 0 saturated heterocycles. The molecule has 0 saturated carbocycles. The molecule has 2 unspecified atom stereocenters. The van der Waals surface area contributed by atoms with E-state index in [1.807, 2.05) is 43.3 Å². The van der Waals surface area contributed by atoms with Gasteiger partial charge in [0.2, 0.25) is 5.91 Å². The number of nitrogens with zero attached hydrogens (tertiary/aromatic N) is 1. The van der Waals surface area contributed by atoms with E-state index in [4.69, 9.17) is 16.9 Å². The largest absolute Gasteiger partial charge is 0.497 e. The van der Waals surface area contributed by atoms with Gasteiger partial charge in [0.1, 0.15) is 5.75 Å². The van der Waals surface area contributed by atoms with E-state index in [9.17, 15) is 4.79 Å². The van der Waals surface area contributed by atoms with Crippen LogP contribution in [-0.4, -0.2) is 44.6 Å². The van der Waals surface area contributed by atoms with Crippen molar-refractivity contribution in [1.29, 1.82) is 0 Å². The van der Waals surface area contributed by atoms with Crippen molar-refractivity contribution in [2.75, 3.05) is 27.7 Å². The molecule has 1 aromatic carbocycles. The molecule has 3 N–H and O–H groups in total. The van der Waals surface area contributed by atoms with Crippen LogP contribution >= 0.6 is 0 Å². The molecule has 0 bridgehead atoms. The van der Waals surface area contributed by atoms with E-state index in [-0.39, 0.29) is 18.4 Å². The molecule has 0 aliphatic carbocycles. The number of hydrogen-bond acceptors (Lipinski definition) is 4. The number of hydrogen-bond donors (Lipinski definition) is 2. The van der Waals surface area contributed by atoms with Crippen molar-refractivity contribution in [2.24, 2.45) is 5.73 Å². The predicted molar refractivity (Wildman–Crippen MR) is 83.9 cm³/mol. The lowest BCUT2D eigenvalue weighted by Crippen LogP contribution is -2.43. The highest BCUT2D eigenvalue weighted by Crippen LogP contribution is 2.22. The van der Waals surface area contributed by atoms with Crippen LogP contribution in [0.3, 0.4) is 0 Å². The van der Waals surface area contributed by atoms with Gasteiger partial charge in [-0.3, -0.25) is 4.79 Å². The number of likely N-dealkylation sites (N-methyl/N-ethyl adjacent to an activating group) is 1. The minimum atomic E-state index is -0.664. The van der Waals surface area contributed by atoms with Crippen molar-refractivity contribution < 1.29 is 9.53 Å². The molecule has 0 aliphatic heterocycles. The number of benzene rings is 1. The number of ether oxygens (including phenoxy) is 1. The van der Waals surface area contributed by atoms with Crippen LogP contribution in [0.15, 0.2) is 24.3 Å². The summed E-state index contributed by atoms with van der Waals surface area (Å²) in [7, 11) is 5.54. The Morgan fingerprint density at radius 3 is 2.81 bits per heavy atom. The Balaban J connectivity index is 2.74. The number of amides is 1. The third kappa shape index (κ3) is 5.10. The SMILES string of the molecule is C#CCC(N)C(=O)NCC(c1cccc(OC)c1)N(C)C. The van der Waals surface area contributed by atoms with Gasteiger partial charge in [0, 0.05) is 13.0 Å². The lowest BCUT2D eigenvalue weighted by atomic mass is 10.1. The monoisotopic (exact) mass is 289 g/mol. The average Bonchev–Trinajstić information content (AvgIpc) is 2.47. The van der Waals surface area contributed by atoms with Gasteiger partial charge in [0.15, 0.2) is 0 Å². The predicted octanol–water partition coefficient (Wildman–Crippen LogP) is 0.765. The van der Waals surface area contributed by atoms with Crippen LogP contribution in [-0.2, 0) is 4.79 Å². The molecule has 1 aromatic rings. The fraction of sp³-hybridized carbons (Fsp3) is 0.438. The average molecular weight is 289 g/mol. The number of nitrogens with two attached hydrogens (primary N) is 1. The number of terminal acetylenes is 1. The third-order valence-electron chi connectivity index (χ3n) is 3.25. The maximum Gasteiger partial charge on any atom is 0.237 e. The highest BCUT2D eigenvalue weighted by Gasteiger charge is 2.18. The van der Waals surface area contributed by atoms with E-state index in [1.165, 1.54) is 0 Å². The number of carbonyl (C=O) groups is 1. The molecule has 21 heavy (non-hydrogen) atoms. The lowest BCUT2D eigenvalue weighted by Gasteiger charge is -2.26. The minimum Gasteiger partial charge on any atom is -0.497 e. The molecular weight excluding hydrogens is 266 g/mol. The van der Waals surface area contributed by atoms with Gasteiger partial charge in [-0.05, 0) is 31.8 Å². The Hall–Kier alpha value is -2.03. The zero-order chi connectivity index (χ0) is 15.8. The maximum absolute atomic E-state index is 11.8. The summed E-state index contributed by atoms with van der Waals surface area (Å²) in [4.78, 5) is 13.9. The maximum atomic E-state index is 11.8. The van der Waals surface area contributed by atoms with Crippen molar-refractivity contribution in [3.05, 3.63) is 29.8 Å². The molecule has 0 radical (unpaired) electrons. The number of methoxy groups -OCH3 is 1. The first-order valence-corrected chi connectivity index (χ1v) is 6.76. The second-order valence-corrected chi connectivity index (χ2v) is 5.02. The van der Waals surface area contributed by atoms with Crippen molar-refractivity contribution >= 4 is 5.91 Å². The molecular formula is C16H23N3O2.